The average molecular weight is 385 g/mol. The van der Waals surface area contributed by atoms with E-state index in [9.17, 15) is 9.59 Å². The molecule has 1 amide bonds. The Labute approximate surface area is 167 Å². The number of Topliss-reactive ketones (excluding diaryl/α,β-unsaturated/α-hetero) is 1. The molecule has 0 bridgehead atoms. The highest BCUT2D eigenvalue weighted by atomic mass is 16.2. The van der Waals surface area contributed by atoms with Crippen LogP contribution < -0.4 is 4.90 Å². The number of carbonyl (C=O) groups excluding carboxylic acids is 2. The maximum atomic E-state index is 12.8. The van der Waals surface area contributed by atoms with E-state index < -0.39 is 0 Å². The SMILES string of the molecule is CC(=O)c1ccc(N2CCC(N3CCC[C@H](C(=O)N4CCCC4)C3)CC2)nc1. The lowest BCUT2D eigenvalue weighted by Crippen LogP contribution is -2.51. The summed E-state index contributed by atoms with van der Waals surface area (Å²) in [5.74, 6) is 1.62. The minimum absolute atomic E-state index is 0.0564. The van der Waals surface area contributed by atoms with Crippen molar-refractivity contribution in [2.24, 2.45) is 5.92 Å². The largest absolute Gasteiger partial charge is 0.357 e. The molecule has 1 atom stereocenters. The van der Waals surface area contributed by atoms with Crippen molar-refractivity contribution in [3.63, 3.8) is 0 Å². The Morgan fingerprint density at radius 3 is 2.36 bits per heavy atom. The van der Waals surface area contributed by atoms with Crippen LogP contribution in [0.2, 0.25) is 0 Å². The number of aromatic nitrogens is 1. The lowest BCUT2D eigenvalue weighted by molar-refractivity contribution is -0.136. The van der Waals surface area contributed by atoms with Crippen LogP contribution in [0, 0.1) is 5.92 Å². The van der Waals surface area contributed by atoms with Gasteiger partial charge in [-0.05, 0) is 64.1 Å². The summed E-state index contributed by atoms with van der Waals surface area (Å²) in [7, 11) is 0. The minimum atomic E-state index is 0.0564. The molecule has 4 heterocycles. The fraction of sp³-hybridized carbons (Fsp3) is 0.682. The fourth-order valence-corrected chi connectivity index (χ4v) is 4.98. The van der Waals surface area contributed by atoms with Gasteiger partial charge in [-0.2, -0.15) is 0 Å². The summed E-state index contributed by atoms with van der Waals surface area (Å²) in [6.45, 7) is 7.52. The molecule has 3 saturated heterocycles. The van der Waals surface area contributed by atoms with E-state index in [2.05, 4.69) is 19.7 Å². The smallest absolute Gasteiger partial charge is 0.226 e. The van der Waals surface area contributed by atoms with Crippen LogP contribution >= 0.6 is 0 Å². The van der Waals surface area contributed by atoms with Crippen LogP contribution in [0.25, 0.3) is 0 Å². The van der Waals surface area contributed by atoms with Gasteiger partial charge in [-0.3, -0.25) is 14.5 Å². The number of amides is 1. The predicted octanol–water partition coefficient (Wildman–Crippen LogP) is 2.59. The highest BCUT2D eigenvalue weighted by molar-refractivity contribution is 5.93. The molecule has 28 heavy (non-hydrogen) atoms. The van der Waals surface area contributed by atoms with Crippen LogP contribution in [0.3, 0.4) is 0 Å². The van der Waals surface area contributed by atoms with Crippen LogP contribution in [0.4, 0.5) is 5.82 Å². The van der Waals surface area contributed by atoms with E-state index in [1.54, 1.807) is 13.1 Å². The average Bonchev–Trinajstić information content (AvgIpc) is 3.28. The van der Waals surface area contributed by atoms with Gasteiger partial charge in [0.05, 0.1) is 5.92 Å². The monoisotopic (exact) mass is 384 g/mol. The van der Waals surface area contributed by atoms with Crippen molar-refractivity contribution in [3.8, 4) is 0 Å². The number of nitrogens with zero attached hydrogens (tertiary/aromatic N) is 4. The summed E-state index contributed by atoms with van der Waals surface area (Å²) in [6.07, 6.45) is 8.43. The summed E-state index contributed by atoms with van der Waals surface area (Å²) in [5.41, 5.74) is 0.667. The van der Waals surface area contributed by atoms with E-state index in [-0.39, 0.29) is 11.7 Å². The van der Waals surface area contributed by atoms with Crippen LogP contribution in [0.15, 0.2) is 18.3 Å². The van der Waals surface area contributed by atoms with Gasteiger partial charge in [0.15, 0.2) is 5.78 Å². The summed E-state index contributed by atoms with van der Waals surface area (Å²) < 4.78 is 0. The molecule has 0 spiro atoms. The second kappa shape index (κ2) is 8.60. The first-order valence-corrected chi connectivity index (χ1v) is 10.9. The molecule has 4 rings (SSSR count). The van der Waals surface area contributed by atoms with Gasteiger partial charge in [0.2, 0.25) is 5.91 Å². The van der Waals surface area contributed by atoms with Crippen molar-refractivity contribution >= 4 is 17.5 Å². The Morgan fingerprint density at radius 2 is 1.71 bits per heavy atom. The number of ketones is 1. The third kappa shape index (κ3) is 4.22. The van der Waals surface area contributed by atoms with Crippen LogP contribution in [-0.4, -0.2) is 71.8 Å². The van der Waals surface area contributed by atoms with E-state index in [1.807, 2.05) is 12.1 Å². The Kier molecular flexibility index (Phi) is 5.95. The Morgan fingerprint density at radius 1 is 0.964 bits per heavy atom. The lowest BCUT2D eigenvalue weighted by atomic mass is 9.93. The van der Waals surface area contributed by atoms with Crippen LogP contribution in [-0.2, 0) is 4.79 Å². The zero-order valence-corrected chi connectivity index (χ0v) is 17.0. The Bertz CT molecular complexity index is 691. The van der Waals surface area contributed by atoms with Gasteiger partial charge in [-0.25, -0.2) is 4.98 Å². The minimum Gasteiger partial charge on any atom is -0.357 e. The van der Waals surface area contributed by atoms with Crippen molar-refractivity contribution in [1.29, 1.82) is 0 Å². The van der Waals surface area contributed by atoms with Crippen LogP contribution in [0.1, 0.15) is 55.8 Å². The number of piperidine rings is 2. The molecule has 1 aromatic heterocycles. The first kappa shape index (κ1) is 19.4. The van der Waals surface area contributed by atoms with Gasteiger partial charge in [0, 0.05) is 50.5 Å². The molecule has 6 heteroatoms. The third-order valence-corrected chi connectivity index (χ3v) is 6.68. The number of anilines is 1. The maximum absolute atomic E-state index is 12.8. The van der Waals surface area contributed by atoms with E-state index >= 15 is 0 Å². The summed E-state index contributed by atoms with van der Waals surface area (Å²) in [5, 5.41) is 0. The summed E-state index contributed by atoms with van der Waals surface area (Å²) in [4.78, 5) is 35.7. The third-order valence-electron chi connectivity index (χ3n) is 6.68. The standard InChI is InChI=1S/C22H32N4O2/c1-17(27)18-6-7-21(23-15-18)24-13-8-20(9-14-24)26-12-4-5-19(16-26)22(28)25-10-2-3-11-25/h6-7,15,19-20H,2-5,8-14,16H2,1H3/t19-/m0/s1. The Hall–Kier alpha value is -1.95. The van der Waals surface area contributed by atoms with Gasteiger partial charge >= 0.3 is 0 Å². The van der Waals surface area contributed by atoms with Crippen molar-refractivity contribution in [2.75, 3.05) is 44.2 Å². The normalized spacial score (nSPS) is 24.5. The molecule has 0 radical (unpaired) electrons. The molecule has 152 valence electrons. The number of hydrogen-bond donors (Lipinski definition) is 0. The second-order valence-corrected chi connectivity index (χ2v) is 8.55. The maximum Gasteiger partial charge on any atom is 0.226 e. The van der Waals surface area contributed by atoms with Gasteiger partial charge < -0.3 is 9.80 Å². The molecule has 0 saturated carbocycles. The fourth-order valence-electron chi connectivity index (χ4n) is 4.98. The van der Waals surface area contributed by atoms with Crippen molar-refractivity contribution in [3.05, 3.63) is 23.9 Å². The quantitative estimate of drug-likeness (QED) is 0.747. The molecule has 1 aromatic rings. The molecule has 0 unspecified atom stereocenters. The highest BCUT2D eigenvalue weighted by Crippen LogP contribution is 2.27. The number of hydrogen-bond acceptors (Lipinski definition) is 5. The number of carbonyl (C=O) groups is 2. The number of likely N-dealkylation sites (tertiary alicyclic amines) is 2. The molecular formula is C22H32N4O2. The molecule has 0 N–H and O–H groups in total. The zero-order chi connectivity index (χ0) is 19.5. The molecule has 3 aliphatic heterocycles. The summed E-state index contributed by atoms with van der Waals surface area (Å²) >= 11 is 0. The Balaban J connectivity index is 1.30. The van der Waals surface area contributed by atoms with Crippen molar-refractivity contribution in [2.45, 2.75) is 51.5 Å². The zero-order valence-electron chi connectivity index (χ0n) is 17.0. The number of pyridine rings is 1. The first-order chi connectivity index (χ1) is 13.6. The topological polar surface area (TPSA) is 56.8 Å². The molecule has 3 fully saturated rings. The van der Waals surface area contributed by atoms with Gasteiger partial charge in [0.1, 0.15) is 5.82 Å². The summed E-state index contributed by atoms with van der Waals surface area (Å²) in [6, 6.07) is 4.40. The van der Waals surface area contributed by atoms with Crippen LogP contribution in [0.5, 0.6) is 0 Å². The molecule has 0 aliphatic carbocycles. The first-order valence-electron chi connectivity index (χ1n) is 10.9. The lowest BCUT2D eigenvalue weighted by Gasteiger charge is -2.42. The van der Waals surface area contributed by atoms with Gasteiger partial charge in [-0.1, -0.05) is 0 Å². The predicted molar refractivity (Wildman–Crippen MR) is 110 cm³/mol. The molecule has 0 aromatic carbocycles. The molecule has 6 nitrogen and oxygen atoms in total. The van der Waals surface area contributed by atoms with Gasteiger partial charge in [-0.15, -0.1) is 0 Å². The van der Waals surface area contributed by atoms with E-state index in [0.29, 0.717) is 17.5 Å². The van der Waals surface area contributed by atoms with Crippen molar-refractivity contribution in [1.82, 2.24) is 14.8 Å². The van der Waals surface area contributed by atoms with Crippen molar-refractivity contribution < 1.29 is 9.59 Å². The highest BCUT2D eigenvalue weighted by Gasteiger charge is 2.34. The number of rotatable bonds is 4. The second-order valence-electron chi connectivity index (χ2n) is 8.55. The van der Waals surface area contributed by atoms with E-state index in [4.69, 9.17) is 0 Å². The molecule has 3 aliphatic rings. The van der Waals surface area contributed by atoms with E-state index in [1.165, 1.54) is 12.8 Å². The van der Waals surface area contributed by atoms with Gasteiger partial charge in [0.25, 0.3) is 0 Å². The van der Waals surface area contributed by atoms with E-state index in [0.717, 1.165) is 70.8 Å². The molecular weight excluding hydrogens is 352 g/mol.